The summed E-state index contributed by atoms with van der Waals surface area (Å²) in [6.07, 6.45) is 0.886. The molecule has 0 amide bonds. The highest BCUT2D eigenvalue weighted by molar-refractivity contribution is 5.37. The first-order valence-corrected chi connectivity index (χ1v) is 3.97. The molecular formula is C10H12N2. The van der Waals surface area contributed by atoms with Gasteiger partial charge in [0.05, 0.1) is 11.6 Å². The van der Waals surface area contributed by atoms with Crippen molar-refractivity contribution in [2.45, 2.75) is 13.3 Å². The van der Waals surface area contributed by atoms with Crippen LogP contribution in [0.25, 0.3) is 0 Å². The molecule has 1 rings (SSSR count). The summed E-state index contributed by atoms with van der Waals surface area (Å²) in [7, 11) is 0. The molecule has 0 heterocycles. The van der Waals surface area contributed by atoms with E-state index in [1.807, 2.05) is 25.1 Å². The largest absolute Gasteiger partial charge is 0.330 e. The van der Waals surface area contributed by atoms with Gasteiger partial charge in [-0.2, -0.15) is 5.26 Å². The van der Waals surface area contributed by atoms with Crippen molar-refractivity contribution in [3.8, 4) is 6.07 Å². The summed E-state index contributed by atoms with van der Waals surface area (Å²) in [5, 5.41) is 8.61. The number of hydrogen-bond donors (Lipinski definition) is 1. The first-order chi connectivity index (χ1) is 5.77. The predicted molar refractivity (Wildman–Crippen MR) is 48.7 cm³/mol. The molecule has 0 radical (unpaired) electrons. The summed E-state index contributed by atoms with van der Waals surface area (Å²) in [4.78, 5) is 0. The lowest BCUT2D eigenvalue weighted by Crippen LogP contribution is -2.04. The normalized spacial score (nSPS) is 9.42. The van der Waals surface area contributed by atoms with Crippen molar-refractivity contribution < 1.29 is 0 Å². The Morgan fingerprint density at radius 2 is 2.25 bits per heavy atom. The number of rotatable bonds is 2. The van der Waals surface area contributed by atoms with Crippen LogP contribution in [0.4, 0.5) is 0 Å². The van der Waals surface area contributed by atoms with Crippen molar-refractivity contribution in [1.29, 1.82) is 5.26 Å². The van der Waals surface area contributed by atoms with Crippen molar-refractivity contribution >= 4 is 0 Å². The van der Waals surface area contributed by atoms with Gasteiger partial charge in [0.1, 0.15) is 0 Å². The van der Waals surface area contributed by atoms with Crippen molar-refractivity contribution in [3.05, 3.63) is 34.9 Å². The van der Waals surface area contributed by atoms with Crippen LogP contribution in [-0.4, -0.2) is 6.54 Å². The van der Waals surface area contributed by atoms with E-state index >= 15 is 0 Å². The molecule has 62 valence electrons. The second kappa shape index (κ2) is 3.89. The molecule has 0 spiro atoms. The Morgan fingerprint density at radius 1 is 1.50 bits per heavy atom. The minimum atomic E-state index is 0.659. The zero-order valence-electron chi connectivity index (χ0n) is 7.17. The molecule has 0 bridgehead atoms. The van der Waals surface area contributed by atoms with E-state index in [4.69, 9.17) is 11.0 Å². The number of aryl methyl sites for hydroxylation is 1. The van der Waals surface area contributed by atoms with Crippen LogP contribution in [0, 0.1) is 18.3 Å². The summed E-state index contributed by atoms with van der Waals surface area (Å²) in [6, 6.07) is 7.80. The van der Waals surface area contributed by atoms with E-state index in [1.54, 1.807) is 0 Å². The Kier molecular flexibility index (Phi) is 2.84. The summed E-state index contributed by atoms with van der Waals surface area (Å²) in [6.45, 7) is 2.67. The summed E-state index contributed by atoms with van der Waals surface area (Å²) >= 11 is 0. The average Bonchev–Trinajstić information content (AvgIpc) is 2.09. The molecule has 0 aliphatic heterocycles. The zero-order valence-corrected chi connectivity index (χ0v) is 7.17. The fraction of sp³-hybridized carbons (Fsp3) is 0.300. The van der Waals surface area contributed by atoms with Gasteiger partial charge < -0.3 is 5.73 Å². The van der Waals surface area contributed by atoms with Crippen molar-refractivity contribution in [3.63, 3.8) is 0 Å². The summed E-state index contributed by atoms with van der Waals surface area (Å²) in [5.74, 6) is 0. The maximum atomic E-state index is 8.61. The van der Waals surface area contributed by atoms with E-state index in [0.29, 0.717) is 12.1 Å². The Morgan fingerprint density at radius 3 is 2.75 bits per heavy atom. The first kappa shape index (κ1) is 8.76. The lowest BCUT2D eigenvalue weighted by molar-refractivity contribution is 0.957. The lowest BCUT2D eigenvalue weighted by Gasteiger charge is -2.03. The van der Waals surface area contributed by atoms with E-state index < -0.39 is 0 Å². The van der Waals surface area contributed by atoms with E-state index in [1.165, 1.54) is 5.56 Å². The molecule has 0 aliphatic carbocycles. The standard InChI is InChI=1S/C10H12N2/c1-8-6-9(7-12)2-3-10(8)4-5-11/h2-3,6H,4-5,11H2,1H3. The molecule has 0 aromatic heterocycles. The van der Waals surface area contributed by atoms with E-state index in [9.17, 15) is 0 Å². The molecule has 1 aromatic rings. The maximum Gasteiger partial charge on any atom is 0.0991 e. The molecule has 0 saturated carbocycles. The third kappa shape index (κ3) is 1.84. The number of nitrogens with two attached hydrogens (primary N) is 1. The quantitative estimate of drug-likeness (QED) is 0.710. The van der Waals surface area contributed by atoms with Gasteiger partial charge in [-0.15, -0.1) is 0 Å². The van der Waals surface area contributed by atoms with Gasteiger partial charge in [0.25, 0.3) is 0 Å². The van der Waals surface area contributed by atoms with Crippen LogP contribution < -0.4 is 5.73 Å². The molecule has 0 unspecified atom stereocenters. The van der Waals surface area contributed by atoms with Gasteiger partial charge in [-0.3, -0.25) is 0 Å². The van der Waals surface area contributed by atoms with Gasteiger partial charge in [0, 0.05) is 0 Å². The van der Waals surface area contributed by atoms with Crippen molar-refractivity contribution in [2.75, 3.05) is 6.54 Å². The second-order valence-corrected chi connectivity index (χ2v) is 2.79. The van der Waals surface area contributed by atoms with Crippen LogP contribution in [0.2, 0.25) is 0 Å². The van der Waals surface area contributed by atoms with Gasteiger partial charge in [-0.1, -0.05) is 6.07 Å². The first-order valence-electron chi connectivity index (χ1n) is 3.97. The van der Waals surface area contributed by atoms with Gasteiger partial charge >= 0.3 is 0 Å². The van der Waals surface area contributed by atoms with Gasteiger partial charge in [0.2, 0.25) is 0 Å². The summed E-state index contributed by atoms with van der Waals surface area (Å²) in [5.41, 5.74) is 8.54. The van der Waals surface area contributed by atoms with Crippen LogP contribution >= 0.6 is 0 Å². The molecule has 12 heavy (non-hydrogen) atoms. The SMILES string of the molecule is Cc1cc(C#N)ccc1CCN. The fourth-order valence-corrected chi connectivity index (χ4v) is 1.20. The van der Waals surface area contributed by atoms with Crippen LogP contribution in [-0.2, 0) is 6.42 Å². The van der Waals surface area contributed by atoms with Crippen molar-refractivity contribution in [1.82, 2.24) is 0 Å². The number of hydrogen-bond acceptors (Lipinski definition) is 2. The van der Waals surface area contributed by atoms with E-state index in [-0.39, 0.29) is 0 Å². The molecule has 1 aromatic carbocycles. The maximum absolute atomic E-state index is 8.61. The molecule has 2 nitrogen and oxygen atoms in total. The summed E-state index contributed by atoms with van der Waals surface area (Å²) < 4.78 is 0. The molecule has 0 aliphatic rings. The van der Waals surface area contributed by atoms with Gasteiger partial charge in [-0.25, -0.2) is 0 Å². The van der Waals surface area contributed by atoms with E-state index in [2.05, 4.69) is 6.07 Å². The fourth-order valence-electron chi connectivity index (χ4n) is 1.20. The topological polar surface area (TPSA) is 49.8 Å². The third-order valence-electron chi connectivity index (χ3n) is 1.89. The zero-order chi connectivity index (χ0) is 8.97. The smallest absolute Gasteiger partial charge is 0.0991 e. The Bertz CT molecular complexity index is 310. The third-order valence-corrected chi connectivity index (χ3v) is 1.89. The molecular weight excluding hydrogens is 148 g/mol. The number of benzene rings is 1. The van der Waals surface area contributed by atoms with Crippen LogP contribution in [0.3, 0.4) is 0 Å². The number of nitrogens with zero attached hydrogens (tertiary/aromatic N) is 1. The predicted octanol–water partition coefficient (Wildman–Crippen LogP) is 1.37. The average molecular weight is 160 g/mol. The Balaban J connectivity index is 2.97. The molecule has 0 atom stereocenters. The molecule has 0 saturated heterocycles. The van der Waals surface area contributed by atoms with Crippen LogP contribution in [0.15, 0.2) is 18.2 Å². The second-order valence-electron chi connectivity index (χ2n) is 2.79. The molecule has 2 heteroatoms. The monoisotopic (exact) mass is 160 g/mol. The highest BCUT2D eigenvalue weighted by atomic mass is 14.5. The minimum Gasteiger partial charge on any atom is -0.330 e. The highest BCUT2D eigenvalue weighted by Gasteiger charge is 1.97. The number of nitriles is 1. The van der Waals surface area contributed by atoms with Crippen molar-refractivity contribution in [2.24, 2.45) is 5.73 Å². The minimum absolute atomic E-state index is 0.659. The Hall–Kier alpha value is -1.33. The molecule has 2 N–H and O–H groups in total. The molecule has 0 fully saturated rings. The van der Waals surface area contributed by atoms with Crippen LogP contribution in [0.5, 0.6) is 0 Å². The van der Waals surface area contributed by atoms with Gasteiger partial charge in [0.15, 0.2) is 0 Å². The Labute approximate surface area is 72.6 Å². The van der Waals surface area contributed by atoms with E-state index in [0.717, 1.165) is 12.0 Å². The van der Waals surface area contributed by atoms with Gasteiger partial charge in [-0.05, 0) is 43.1 Å². The highest BCUT2D eigenvalue weighted by Crippen LogP contribution is 2.10. The lowest BCUT2D eigenvalue weighted by atomic mass is 10.0. The van der Waals surface area contributed by atoms with Crippen LogP contribution in [0.1, 0.15) is 16.7 Å².